The third kappa shape index (κ3) is 59.8. The second-order valence-corrected chi connectivity index (χ2v) is 23.4. The quantitative estimate of drug-likeness (QED) is 0.0361. The number of carbonyl (C=O) groups is 1. The third-order valence-electron chi connectivity index (χ3n) is 15.9. The number of aliphatic hydroxyl groups excluding tert-OH is 3. The first-order valence-corrected chi connectivity index (χ1v) is 33.8. The molecule has 1 amide bonds. The molecular formula is C69H133NO4. The Labute approximate surface area is 464 Å². The van der Waals surface area contributed by atoms with Crippen LogP contribution in [0.1, 0.15) is 373 Å². The van der Waals surface area contributed by atoms with Gasteiger partial charge in [0.15, 0.2) is 0 Å². The molecule has 0 aliphatic heterocycles. The maximum atomic E-state index is 12.6. The van der Waals surface area contributed by atoms with Gasteiger partial charge in [-0.15, -0.1) is 0 Å². The van der Waals surface area contributed by atoms with Gasteiger partial charge >= 0.3 is 0 Å². The Morgan fingerprint density at radius 2 is 0.608 bits per heavy atom. The molecule has 5 heteroatoms. The van der Waals surface area contributed by atoms with E-state index in [1.165, 1.54) is 315 Å². The summed E-state index contributed by atoms with van der Waals surface area (Å²) < 4.78 is 0. The average molecular weight is 1040 g/mol. The van der Waals surface area contributed by atoms with Crippen LogP contribution in [0, 0.1) is 0 Å². The number of hydrogen-bond acceptors (Lipinski definition) is 4. The molecular weight excluding hydrogens is 907 g/mol. The van der Waals surface area contributed by atoms with Crippen molar-refractivity contribution < 1.29 is 20.1 Å². The van der Waals surface area contributed by atoms with Crippen molar-refractivity contribution in [2.75, 3.05) is 6.61 Å². The fourth-order valence-electron chi connectivity index (χ4n) is 10.8. The first kappa shape index (κ1) is 72.6. The van der Waals surface area contributed by atoms with E-state index in [0.29, 0.717) is 6.42 Å². The summed E-state index contributed by atoms with van der Waals surface area (Å²) in [5.41, 5.74) is 0. The van der Waals surface area contributed by atoms with Crippen LogP contribution < -0.4 is 5.32 Å². The lowest BCUT2D eigenvalue weighted by atomic mass is 10.0. The van der Waals surface area contributed by atoms with Gasteiger partial charge in [-0.2, -0.15) is 0 Å². The molecule has 0 aliphatic rings. The maximum absolute atomic E-state index is 12.6. The number of hydrogen-bond donors (Lipinski definition) is 4. The van der Waals surface area contributed by atoms with E-state index in [1.807, 2.05) is 6.08 Å². The van der Waals surface area contributed by atoms with Crippen LogP contribution in [-0.4, -0.2) is 46.1 Å². The third-order valence-corrected chi connectivity index (χ3v) is 15.9. The lowest BCUT2D eigenvalue weighted by Gasteiger charge is -2.21. The molecule has 0 saturated heterocycles. The number of rotatable bonds is 63. The number of allylic oxidation sites excluding steroid dienone is 5. The fraction of sp³-hybridized carbons (Fsp3) is 0.899. The minimum absolute atomic E-state index is 0.0157. The van der Waals surface area contributed by atoms with Crippen molar-refractivity contribution in [1.29, 1.82) is 0 Å². The monoisotopic (exact) mass is 1040 g/mol. The number of aliphatic hydroxyl groups is 3. The van der Waals surface area contributed by atoms with Gasteiger partial charge in [-0.1, -0.05) is 352 Å². The van der Waals surface area contributed by atoms with Gasteiger partial charge in [0, 0.05) is 0 Å². The predicted octanol–water partition coefficient (Wildman–Crippen LogP) is 21.7. The molecule has 5 nitrogen and oxygen atoms in total. The predicted molar refractivity (Wildman–Crippen MR) is 328 cm³/mol. The van der Waals surface area contributed by atoms with Gasteiger partial charge in [-0.05, 0) is 51.4 Å². The fourth-order valence-corrected chi connectivity index (χ4v) is 10.8. The molecule has 0 aromatic carbocycles. The van der Waals surface area contributed by atoms with E-state index in [1.54, 1.807) is 6.08 Å². The Morgan fingerprint density at radius 3 is 0.892 bits per heavy atom. The zero-order chi connectivity index (χ0) is 53.6. The number of carbonyl (C=O) groups excluding carboxylic acids is 1. The van der Waals surface area contributed by atoms with E-state index in [0.717, 1.165) is 32.1 Å². The van der Waals surface area contributed by atoms with Gasteiger partial charge in [0.05, 0.1) is 31.3 Å². The van der Waals surface area contributed by atoms with Crippen LogP contribution in [0.5, 0.6) is 0 Å². The van der Waals surface area contributed by atoms with Crippen LogP contribution in [0.15, 0.2) is 36.5 Å². The van der Waals surface area contributed by atoms with E-state index in [-0.39, 0.29) is 18.9 Å². The standard InChI is InChI=1S/C69H133NO4/c1-3-5-7-9-11-13-15-17-19-21-23-25-27-28-29-30-31-32-33-34-35-36-37-38-39-40-41-42-44-46-48-50-52-54-56-58-60-62-66(72)64-69(74)70-67(65-71)68(73)63-61-59-57-55-53-51-49-47-45-43-26-24-22-20-18-16-14-12-10-8-6-4-2/h31-32,34-35,61,63,66-68,71-73H,3-30,33,36-60,62,64-65H2,1-2H3,(H,70,74)/b32-31-,35-34-,63-61+. The van der Waals surface area contributed by atoms with Crippen LogP contribution in [0.3, 0.4) is 0 Å². The highest BCUT2D eigenvalue weighted by molar-refractivity contribution is 5.76. The minimum Gasteiger partial charge on any atom is -0.394 e. The van der Waals surface area contributed by atoms with Gasteiger partial charge in [-0.3, -0.25) is 4.79 Å². The van der Waals surface area contributed by atoms with Crippen molar-refractivity contribution >= 4 is 5.91 Å². The summed E-state index contributed by atoms with van der Waals surface area (Å²) in [5, 5.41) is 33.6. The summed E-state index contributed by atoms with van der Waals surface area (Å²) in [4.78, 5) is 12.6. The Balaban J connectivity index is 3.49. The molecule has 0 spiro atoms. The SMILES string of the molecule is CCCCCCCCCCCCCCCCC/C=C\C/C=C\CCCCCCCCCCCCCCCCCC(O)CC(=O)NC(CO)C(O)/C=C/CCCCCCCCCCCCCCCCCCCCCC. The number of unbranched alkanes of at least 4 members (excludes halogenated alkanes) is 50. The van der Waals surface area contributed by atoms with E-state index in [2.05, 4.69) is 43.5 Å². The van der Waals surface area contributed by atoms with E-state index in [4.69, 9.17) is 0 Å². The maximum Gasteiger partial charge on any atom is 0.222 e. The largest absolute Gasteiger partial charge is 0.394 e. The molecule has 438 valence electrons. The zero-order valence-corrected chi connectivity index (χ0v) is 50.3. The van der Waals surface area contributed by atoms with Crippen LogP contribution in [0.25, 0.3) is 0 Å². The highest BCUT2D eigenvalue weighted by Gasteiger charge is 2.20. The van der Waals surface area contributed by atoms with Crippen molar-refractivity contribution in [2.24, 2.45) is 0 Å². The number of nitrogens with one attached hydrogen (secondary N) is 1. The first-order chi connectivity index (χ1) is 36.5. The summed E-state index contributed by atoms with van der Waals surface area (Å²) >= 11 is 0. The Hall–Kier alpha value is -1.43. The summed E-state index contributed by atoms with van der Waals surface area (Å²) in [7, 11) is 0. The normalized spacial score (nSPS) is 13.3. The van der Waals surface area contributed by atoms with Gasteiger partial charge in [-0.25, -0.2) is 0 Å². The van der Waals surface area contributed by atoms with E-state index < -0.39 is 18.2 Å². The van der Waals surface area contributed by atoms with Crippen molar-refractivity contribution in [3.63, 3.8) is 0 Å². The molecule has 3 atom stereocenters. The lowest BCUT2D eigenvalue weighted by molar-refractivity contribution is -0.124. The van der Waals surface area contributed by atoms with Crippen molar-refractivity contribution in [1.82, 2.24) is 5.32 Å². The highest BCUT2D eigenvalue weighted by atomic mass is 16.3. The van der Waals surface area contributed by atoms with Crippen molar-refractivity contribution in [3.05, 3.63) is 36.5 Å². The van der Waals surface area contributed by atoms with E-state index in [9.17, 15) is 20.1 Å². The van der Waals surface area contributed by atoms with Crippen molar-refractivity contribution in [2.45, 2.75) is 392 Å². The summed E-state index contributed by atoms with van der Waals surface area (Å²) in [5.74, 6) is -0.310. The van der Waals surface area contributed by atoms with Crippen LogP contribution in [0.4, 0.5) is 0 Å². The van der Waals surface area contributed by atoms with Crippen molar-refractivity contribution in [3.8, 4) is 0 Å². The molecule has 0 bridgehead atoms. The smallest absolute Gasteiger partial charge is 0.222 e. The summed E-state index contributed by atoms with van der Waals surface area (Å²) in [6.07, 6.45) is 85.3. The van der Waals surface area contributed by atoms with Gasteiger partial charge in [0.2, 0.25) is 5.91 Å². The van der Waals surface area contributed by atoms with Crippen LogP contribution in [0.2, 0.25) is 0 Å². The van der Waals surface area contributed by atoms with Crippen LogP contribution in [-0.2, 0) is 4.79 Å². The molecule has 0 aromatic rings. The minimum atomic E-state index is -0.930. The molecule has 3 unspecified atom stereocenters. The van der Waals surface area contributed by atoms with E-state index >= 15 is 0 Å². The Kier molecular flexibility index (Phi) is 62.9. The summed E-state index contributed by atoms with van der Waals surface area (Å²) in [6, 6.07) is -0.745. The van der Waals surface area contributed by atoms with Gasteiger partial charge in [0.25, 0.3) is 0 Å². The highest BCUT2D eigenvalue weighted by Crippen LogP contribution is 2.19. The molecule has 0 rings (SSSR count). The molecule has 4 N–H and O–H groups in total. The van der Waals surface area contributed by atoms with Gasteiger partial charge in [0.1, 0.15) is 0 Å². The second kappa shape index (κ2) is 64.1. The second-order valence-electron chi connectivity index (χ2n) is 23.4. The average Bonchev–Trinajstić information content (AvgIpc) is 3.40. The Bertz CT molecular complexity index is 1150. The molecule has 74 heavy (non-hydrogen) atoms. The molecule has 0 radical (unpaired) electrons. The Morgan fingerprint density at radius 1 is 0.351 bits per heavy atom. The zero-order valence-electron chi connectivity index (χ0n) is 50.3. The lowest BCUT2D eigenvalue weighted by Crippen LogP contribution is -2.45. The first-order valence-electron chi connectivity index (χ1n) is 33.8. The van der Waals surface area contributed by atoms with Crippen LogP contribution >= 0.6 is 0 Å². The molecule has 0 heterocycles. The molecule has 0 fully saturated rings. The van der Waals surface area contributed by atoms with Gasteiger partial charge < -0.3 is 20.6 Å². The molecule has 0 aliphatic carbocycles. The molecule has 0 saturated carbocycles. The number of amides is 1. The topological polar surface area (TPSA) is 89.8 Å². The molecule has 0 aromatic heterocycles. The summed E-state index contributed by atoms with van der Waals surface area (Å²) in [6.45, 7) is 4.26.